The molecule has 0 aliphatic carbocycles. The van der Waals surface area contributed by atoms with Gasteiger partial charge in [0.25, 0.3) is 5.91 Å². The lowest BCUT2D eigenvalue weighted by atomic mass is 10.1. The third kappa shape index (κ3) is 3.08. The molecule has 0 aliphatic rings. The largest absolute Gasteiger partial charge is 0.507 e. The molecule has 0 heterocycles. The molecule has 0 radical (unpaired) electrons. The quantitative estimate of drug-likeness (QED) is 0.607. The number of hydrogen-bond donors (Lipinski definition) is 2. The Balaban J connectivity index is 2.66. The van der Waals surface area contributed by atoms with Gasteiger partial charge in [-0.3, -0.25) is 4.79 Å². The minimum absolute atomic E-state index is 0.303. The highest BCUT2D eigenvalue weighted by Crippen LogP contribution is 2.19. The van der Waals surface area contributed by atoms with Crippen molar-refractivity contribution in [3.8, 4) is 5.75 Å². The molecule has 0 atom stereocenters. The second-order valence-corrected chi connectivity index (χ2v) is 3.25. The van der Waals surface area contributed by atoms with Gasteiger partial charge in [0.05, 0.1) is 0 Å². The van der Waals surface area contributed by atoms with E-state index < -0.39 is 11.7 Å². The highest BCUT2D eigenvalue weighted by molar-refractivity contribution is 5.97. The number of carbonyl (C=O) groups excluding carboxylic acids is 1. The second kappa shape index (κ2) is 5.90. The number of rotatable bonds is 4. The Morgan fingerprint density at radius 2 is 2.31 bits per heavy atom. The first-order valence-corrected chi connectivity index (χ1v) is 5.03. The predicted octanol–water partition coefficient (Wildman–Crippen LogP) is 2.23. The molecule has 0 unspecified atom stereocenters. The van der Waals surface area contributed by atoms with E-state index in [-0.39, 0.29) is 11.3 Å². The number of aromatic hydroxyl groups is 1. The zero-order chi connectivity index (χ0) is 12.0. The van der Waals surface area contributed by atoms with E-state index in [2.05, 4.69) is 5.32 Å². The summed E-state index contributed by atoms with van der Waals surface area (Å²) >= 11 is 0. The molecule has 0 aromatic heterocycles. The van der Waals surface area contributed by atoms with Crippen molar-refractivity contribution in [1.29, 1.82) is 0 Å². The fourth-order valence-corrected chi connectivity index (χ4v) is 1.26. The van der Waals surface area contributed by atoms with E-state index in [1.54, 1.807) is 0 Å². The van der Waals surface area contributed by atoms with Gasteiger partial charge >= 0.3 is 0 Å². The maximum absolute atomic E-state index is 13.2. The number of nitrogens with one attached hydrogen (secondary N) is 1. The summed E-state index contributed by atoms with van der Waals surface area (Å²) in [7, 11) is 0. The van der Waals surface area contributed by atoms with Crippen LogP contribution in [-0.4, -0.2) is 17.6 Å². The van der Waals surface area contributed by atoms with Crippen LogP contribution < -0.4 is 5.32 Å². The van der Waals surface area contributed by atoms with Crippen LogP contribution in [-0.2, 0) is 0 Å². The Morgan fingerprint density at radius 3 is 2.94 bits per heavy atom. The van der Waals surface area contributed by atoms with Crippen LogP contribution in [0.1, 0.15) is 23.7 Å². The van der Waals surface area contributed by atoms with Crippen molar-refractivity contribution >= 4 is 5.91 Å². The fraction of sp³-hybridized carbons (Fsp3) is 0.250. The zero-order valence-electron chi connectivity index (χ0n) is 9.03. The molecular formula is C12H14FNO2. The second-order valence-electron chi connectivity index (χ2n) is 3.25. The lowest BCUT2D eigenvalue weighted by Gasteiger charge is -2.06. The molecular weight excluding hydrogens is 209 g/mol. The molecule has 0 aliphatic heterocycles. The molecule has 1 rings (SSSR count). The van der Waals surface area contributed by atoms with Crippen molar-refractivity contribution < 1.29 is 14.3 Å². The van der Waals surface area contributed by atoms with Crippen molar-refractivity contribution in [2.24, 2.45) is 0 Å². The number of carbonyl (C=O) groups is 1. The average molecular weight is 223 g/mol. The van der Waals surface area contributed by atoms with Gasteiger partial charge in [-0.1, -0.05) is 18.2 Å². The smallest absolute Gasteiger partial charge is 0.258 e. The van der Waals surface area contributed by atoms with Crippen LogP contribution in [0, 0.1) is 5.82 Å². The zero-order valence-corrected chi connectivity index (χ0v) is 9.03. The molecule has 3 nitrogen and oxygen atoms in total. The Kier molecular flexibility index (Phi) is 4.51. The highest BCUT2D eigenvalue weighted by atomic mass is 19.1. The van der Waals surface area contributed by atoms with Gasteiger partial charge in [0, 0.05) is 6.54 Å². The summed E-state index contributed by atoms with van der Waals surface area (Å²) in [6, 6.07) is 3.77. The lowest BCUT2D eigenvalue weighted by molar-refractivity contribution is 0.0947. The van der Waals surface area contributed by atoms with E-state index in [0.29, 0.717) is 13.0 Å². The topological polar surface area (TPSA) is 49.3 Å². The highest BCUT2D eigenvalue weighted by Gasteiger charge is 2.15. The average Bonchev–Trinajstić information content (AvgIpc) is 2.24. The van der Waals surface area contributed by atoms with Crippen LogP contribution in [0.15, 0.2) is 30.4 Å². The number of benzene rings is 1. The molecule has 0 bridgehead atoms. The van der Waals surface area contributed by atoms with Gasteiger partial charge in [-0.15, -0.1) is 0 Å². The van der Waals surface area contributed by atoms with Gasteiger partial charge in [-0.25, -0.2) is 4.39 Å². The molecule has 86 valence electrons. The van der Waals surface area contributed by atoms with E-state index in [0.717, 1.165) is 6.07 Å². The summed E-state index contributed by atoms with van der Waals surface area (Å²) in [5, 5.41) is 11.9. The molecule has 0 saturated heterocycles. The lowest BCUT2D eigenvalue weighted by Crippen LogP contribution is -2.25. The van der Waals surface area contributed by atoms with Gasteiger partial charge in [0.1, 0.15) is 17.1 Å². The number of amides is 1. The Morgan fingerprint density at radius 1 is 1.56 bits per heavy atom. The summed E-state index contributed by atoms with van der Waals surface area (Å²) in [5.74, 6) is -1.66. The van der Waals surface area contributed by atoms with Gasteiger partial charge in [0.2, 0.25) is 0 Å². The number of hydrogen-bond acceptors (Lipinski definition) is 2. The Bertz CT molecular complexity index is 382. The predicted molar refractivity (Wildman–Crippen MR) is 59.8 cm³/mol. The molecule has 1 amide bonds. The van der Waals surface area contributed by atoms with Crippen LogP contribution >= 0.6 is 0 Å². The summed E-state index contributed by atoms with van der Waals surface area (Å²) in [6.45, 7) is 2.29. The van der Waals surface area contributed by atoms with Gasteiger partial charge < -0.3 is 10.4 Å². The van der Waals surface area contributed by atoms with E-state index in [1.807, 2.05) is 19.1 Å². The number of halogens is 1. The van der Waals surface area contributed by atoms with Crippen LogP contribution in [0.25, 0.3) is 0 Å². The molecule has 0 fully saturated rings. The minimum Gasteiger partial charge on any atom is -0.507 e. The standard InChI is InChI=1S/C12H14FNO2/c1-2-3-4-8-14-12(16)11-9(13)6-5-7-10(11)15/h2-3,5-7,15H,4,8H2,1H3,(H,14,16)/b3-2+. The molecule has 0 saturated carbocycles. The number of phenols is 1. The first kappa shape index (κ1) is 12.2. The maximum atomic E-state index is 13.2. The van der Waals surface area contributed by atoms with E-state index in [9.17, 15) is 14.3 Å². The van der Waals surface area contributed by atoms with Crippen molar-refractivity contribution in [1.82, 2.24) is 5.32 Å². The number of phenolic OH excluding ortho intramolecular Hbond substituents is 1. The third-order valence-corrected chi connectivity index (χ3v) is 2.05. The van der Waals surface area contributed by atoms with E-state index in [4.69, 9.17) is 0 Å². The van der Waals surface area contributed by atoms with Crippen molar-refractivity contribution in [3.05, 3.63) is 41.7 Å². The van der Waals surface area contributed by atoms with Gasteiger partial charge in [-0.2, -0.15) is 0 Å². The molecule has 1 aromatic rings. The van der Waals surface area contributed by atoms with Crippen LogP contribution in [0.2, 0.25) is 0 Å². The fourth-order valence-electron chi connectivity index (χ4n) is 1.26. The van der Waals surface area contributed by atoms with Gasteiger partial charge in [0.15, 0.2) is 0 Å². The number of allylic oxidation sites excluding steroid dienone is 1. The van der Waals surface area contributed by atoms with Crippen LogP contribution in [0.5, 0.6) is 5.75 Å². The van der Waals surface area contributed by atoms with Crippen molar-refractivity contribution in [3.63, 3.8) is 0 Å². The van der Waals surface area contributed by atoms with Gasteiger partial charge in [-0.05, 0) is 25.5 Å². The first-order chi connectivity index (χ1) is 7.66. The summed E-state index contributed by atoms with van der Waals surface area (Å²) < 4.78 is 13.2. The normalized spacial score (nSPS) is 10.6. The minimum atomic E-state index is -0.719. The molecule has 1 aromatic carbocycles. The summed E-state index contributed by atoms with van der Waals surface area (Å²) in [6.07, 6.45) is 4.44. The monoisotopic (exact) mass is 223 g/mol. The SMILES string of the molecule is C/C=C/CCNC(=O)c1c(O)cccc1F. The molecule has 4 heteroatoms. The third-order valence-electron chi connectivity index (χ3n) is 2.05. The first-order valence-electron chi connectivity index (χ1n) is 5.03. The van der Waals surface area contributed by atoms with Crippen LogP contribution in [0.4, 0.5) is 4.39 Å². The van der Waals surface area contributed by atoms with Crippen LogP contribution in [0.3, 0.4) is 0 Å². The van der Waals surface area contributed by atoms with Crippen molar-refractivity contribution in [2.45, 2.75) is 13.3 Å². The summed E-state index contributed by atoms with van der Waals surface area (Å²) in [4.78, 5) is 11.5. The Hall–Kier alpha value is -1.84. The van der Waals surface area contributed by atoms with E-state index in [1.165, 1.54) is 12.1 Å². The Labute approximate surface area is 93.6 Å². The van der Waals surface area contributed by atoms with Crippen molar-refractivity contribution in [2.75, 3.05) is 6.54 Å². The summed E-state index contributed by atoms with van der Waals surface area (Å²) in [5.41, 5.74) is -0.303. The maximum Gasteiger partial charge on any atom is 0.258 e. The molecule has 2 N–H and O–H groups in total. The van der Waals surface area contributed by atoms with E-state index >= 15 is 0 Å². The molecule has 0 spiro atoms. The molecule has 16 heavy (non-hydrogen) atoms.